The van der Waals surface area contributed by atoms with Gasteiger partial charge in [-0.1, -0.05) is 12.2 Å². The van der Waals surface area contributed by atoms with Crippen LogP contribution in [0.15, 0.2) is 36.4 Å². The summed E-state index contributed by atoms with van der Waals surface area (Å²) in [6.45, 7) is 4.10. The van der Waals surface area contributed by atoms with Crippen molar-refractivity contribution >= 4 is 19.2 Å². The molecule has 0 aromatic heterocycles. The molecule has 1 aromatic rings. The van der Waals surface area contributed by atoms with E-state index in [1.807, 2.05) is 0 Å². The van der Waals surface area contributed by atoms with Crippen molar-refractivity contribution < 1.29 is 41.1 Å². The van der Waals surface area contributed by atoms with Crippen LogP contribution in [0.5, 0.6) is 5.75 Å². The molecule has 0 aliphatic heterocycles. The third-order valence-corrected chi connectivity index (χ3v) is 5.27. The van der Waals surface area contributed by atoms with Gasteiger partial charge in [0.15, 0.2) is 5.78 Å². The van der Waals surface area contributed by atoms with Gasteiger partial charge in [-0.3, -0.25) is 14.2 Å². The Bertz CT molecular complexity index is 718. The van der Waals surface area contributed by atoms with E-state index in [4.69, 9.17) is 13.8 Å². The molecule has 0 N–H and O–H groups in total. The number of carbonyl (C=O) groups is 2. The second-order valence-corrected chi connectivity index (χ2v) is 7.56. The molecule has 0 fully saturated rings. The summed E-state index contributed by atoms with van der Waals surface area (Å²) in [4.78, 5) is 22.5. The number of allylic oxidation sites excluding steroid dienone is 1. The summed E-state index contributed by atoms with van der Waals surface area (Å²) >= 11 is 0. The van der Waals surface area contributed by atoms with Crippen LogP contribution in [-0.2, 0) is 18.4 Å². The van der Waals surface area contributed by atoms with Gasteiger partial charge in [0, 0.05) is 5.56 Å². The summed E-state index contributed by atoms with van der Waals surface area (Å²) in [5.74, 6) is -2.63. The first-order chi connectivity index (χ1) is 13.1. The third-order valence-electron chi connectivity index (χ3n) is 3.31. The summed E-state index contributed by atoms with van der Waals surface area (Å²) in [5, 5.41) is 0. The Labute approximate surface area is 161 Å². The lowest BCUT2D eigenvalue weighted by Crippen LogP contribution is -2.25. The molecule has 1 rings (SSSR count). The predicted molar refractivity (Wildman–Crippen MR) is 96.8 cm³/mol. The highest BCUT2D eigenvalue weighted by molar-refractivity contribution is 7.54. The van der Waals surface area contributed by atoms with Crippen molar-refractivity contribution in [1.82, 2.24) is 0 Å². The maximum Gasteiger partial charge on any atom is 0.450 e. The van der Waals surface area contributed by atoms with E-state index in [9.17, 15) is 27.3 Å². The van der Waals surface area contributed by atoms with Crippen molar-refractivity contribution in [2.75, 3.05) is 26.0 Å². The lowest BCUT2D eigenvalue weighted by Gasteiger charge is -2.14. The normalized spacial score (nSPS) is 12.3. The van der Waals surface area contributed by atoms with E-state index in [-0.39, 0.29) is 31.5 Å². The lowest BCUT2D eigenvalue weighted by molar-refractivity contribution is -0.170. The minimum Gasteiger partial charge on any atom is -0.490 e. The molecule has 0 bridgehead atoms. The van der Waals surface area contributed by atoms with Gasteiger partial charge in [-0.2, -0.15) is 13.2 Å². The Morgan fingerprint density at radius 3 is 2.11 bits per heavy atom. The first kappa shape index (κ1) is 24.1. The van der Waals surface area contributed by atoms with Crippen LogP contribution in [0.4, 0.5) is 13.2 Å². The lowest BCUT2D eigenvalue weighted by atomic mass is 10.1. The number of hydrogen-bond acceptors (Lipinski definition) is 6. The average Bonchev–Trinajstić information content (AvgIpc) is 2.61. The fraction of sp³-hybridized carbons (Fsp3) is 0.444. The topological polar surface area (TPSA) is 78.9 Å². The van der Waals surface area contributed by atoms with Crippen LogP contribution in [0.2, 0.25) is 0 Å². The Balaban J connectivity index is 2.51. The Hall–Kier alpha value is -1.96. The second-order valence-electron chi connectivity index (χ2n) is 5.46. The molecule has 0 saturated carbocycles. The van der Waals surface area contributed by atoms with Gasteiger partial charge in [0.05, 0.1) is 25.8 Å². The highest BCUT2D eigenvalue weighted by Crippen LogP contribution is 2.47. The van der Waals surface area contributed by atoms with Crippen LogP contribution in [0.1, 0.15) is 30.6 Å². The van der Waals surface area contributed by atoms with E-state index in [1.54, 1.807) is 26.0 Å². The van der Waals surface area contributed by atoms with Crippen LogP contribution in [0.25, 0.3) is 0 Å². The fourth-order valence-corrected chi connectivity index (χ4v) is 3.52. The van der Waals surface area contributed by atoms with Gasteiger partial charge in [-0.05, 0) is 38.1 Å². The van der Waals surface area contributed by atoms with Gasteiger partial charge < -0.3 is 13.8 Å². The first-order valence-electron chi connectivity index (χ1n) is 8.50. The summed E-state index contributed by atoms with van der Waals surface area (Å²) in [6.07, 6.45) is -2.94. The summed E-state index contributed by atoms with van der Waals surface area (Å²) in [5.41, 5.74) is -0.0186. The quantitative estimate of drug-likeness (QED) is 0.212. The highest BCUT2D eigenvalue weighted by Gasteiger charge is 2.39. The molecule has 0 spiro atoms. The number of alkyl halides is 3. The minimum absolute atomic E-state index is 0.0186. The Morgan fingerprint density at radius 1 is 1.04 bits per heavy atom. The van der Waals surface area contributed by atoms with E-state index in [2.05, 4.69) is 0 Å². The molecule has 28 heavy (non-hydrogen) atoms. The highest BCUT2D eigenvalue weighted by atomic mass is 31.2. The Kier molecular flexibility index (Phi) is 9.58. The SMILES string of the molecule is CCOP(=O)(CC=CCOc1ccc(C(=O)CC(=O)C(F)(F)F)cc1)OCC. The van der Waals surface area contributed by atoms with Gasteiger partial charge in [0.2, 0.25) is 5.78 Å². The molecule has 1 aromatic carbocycles. The number of carbonyl (C=O) groups excluding carboxylic acids is 2. The van der Waals surface area contributed by atoms with Gasteiger partial charge in [-0.15, -0.1) is 0 Å². The molecule has 6 nitrogen and oxygen atoms in total. The van der Waals surface area contributed by atoms with E-state index in [0.29, 0.717) is 5.75 Å². The zero-order valence-corrected chi connectivity index (χ0v) is 16.4. The number of Topliss-reactive ketones (excluding diaryl/α,β-unsaturated/α-hetero) is 2. The largest absolute Gasteiger partial charge is 0.490 e. The molecule has 0 radical (unpaired) electrons. The van der Waals surface area contributed by atoms with Crippen LogP contribution >= 0.6 is 7.60 Å². The summed E-state index contributed by atoms with van der Waals surface area (Å²) in [6, 6.07) is 5.38. The van der Waals surface area contributed by atoms with Crippen molar-refractivity contribution in [3.8, 4) is 5.75 Å². The number of hydrogen-bond donors (Lipinski definition) is 0. The number of benzene rings is 1. The monoisotopic (exact) mass is 422 g/mol. The van der Waals surface area contributed by atoms with E-state index in [1.165, 1.54) is 24.3 Å². The maximum absolute atomic E-state index is 12.2. The van der Waals surface area contributed by atoms with E-state index >= 15 is 0 Å². The molecule has 156 valence electrons. The first-order valence-corrected chi connectivity index (χ1v) is 10.2. The molecule has 0 aliphatic carbocycles. The smallest absolute Gasteiger partial charge is 0.450 e. The number of ether oxygens (including phenoxy) is 1. The number of rotatable bonds is 12. The molecule has 10 heteroatoms. The van der Waals surface area contributed by atoms with Gasteiger partial charge >= 0.3 is 13.8 Å². The zero-order chi connectivity index (χ0) is 21.2. The van der Waals surface area contributed by atoms with E-state index in [0.717, 1.165) is 0 Å². The van der Waals surface area contributed by atoms with Crippen molar-refractivity contribution in [3.63, 3.8) is 0 Å². The second kappa shape index (κ2) is 11.1. The number of ketones is 2. The fourth-order valence-electron chi connectivity index (χ4n) is 2.04. The molecule has 0 unspecified atom stereocenters. The Morgan fingerprint density at radius 2 is 1.61 bits per heavy atom. The predicted octanol–water partition coefficient (Wildman–Crippen LogP) is 4.59. The average molecular weight is 422 g/mol. The van der Waals surface area contributed by atoms with Crippen LogP contribution in [0.3, 0.4) is 0 Å². The van der Waals surface area contributed by atoms with Gasteiger partial charge in [0.25, 0.3) is 0 Å². The maximum atomic E-state index is 12.2. The third kappa shape index (κ3) is 8.37. The van der Waals surface area contributed by atoms with Crippen molar-refractivity contribution in [2.45, 2.75) is 26.4 Å². The summed E-state index contributed by atoms with van der Waals surface area (Å²) < 4.78 is 64.5. The molecule has 0 amide bonds. The molecule has 0 heterocycles. The van der Waals surface area contributed by atoms with Crippen molar-refractivity contribution in [2.24, 2.45) is 0 Å². The minimum atomic E-state index is -5.03. The van der Waals surface area contributed by atoms with Crippen LogP contribution in [-0.4, -0.2) is 43.7 Å². The molecule has 0 saturated heterocycles. The standard InChI is InChI=1S/C18H22F3O6P/c1-3-26-28(24,27-4-2)12-6-5-11-25-15-9-7-14(8-10-15)16(22)13-17(23)18(19,20)21/h5-10H,3-4,11-13H2,1-2H3. The molecular weight excluding hydrogens is 400 g/mol. The summed E-state index contributed by atoms with van der Waals surface area (Å²) in [7, 11) is -3.16. The van der Waals surface area contributed by atoms with Crippen molar-refractivity contribution in [1.29, 1.82) is 0 Å². The van der Waals surface area contributed by atoms with E-state index < -0.39 is 31.8 Å². The number of halogens is 3. The zero-order valence-electron chi connectivity index (χ0n) is 15.5. The molecule has 0 aliphatic rings. The molecular formula is C18H22F3O6P. The van der Waals surface area contributed by atoms with Gasteiger partial charge in [0.1, 0.15) is 12.4 Å². The van der Waals surface area contributed by atoms with Gasteiger partial charge in [-0.25, -0.2) is 0 Å². The molecule has 0 atom stereocenters. The van der Waals surface area contributed by atoms with Crippen LogP contribution in [0, 0.1) is 0 Å². The van der Waals surface area contributed by atoms with Crippen LogP contribution < -0.4 is 4.74 Å². The van der Waals surface area contributed by atoms with Crippen molar-refractivity contribution in [3.05, 3.63) is 42.0 Å².